The molecule has 0 aliphatic rings. The molecule has 2 aromatic heterocycles. The van der Waals surface area contributed by atoms with Gasteiger partial charge in [-0.2, -0.15) is 0 Å². The molecule has 0 saturated carbocycles. The van der Waals surface area contributed by atoms with Crippen LogP contribution in [0.2, 0.25) is 0 Å². The van der Waals surface area contributed by atoms with Crippen LogP contribution in [0, 0.1) is 6.92 Å². The molecule has 0 aliphatic carbocycles. The number of amides is 1. The van der Waals surface area contributed by atoms with E-state index < -0.39 is 0 Å². The lowest BCUT2D eigenvalue weighted by molar-refractivity contribution is -0.118. The minimum Gasteiger partial charge on any atom is -0.355 e. The number of carbonyl (C=O) groups is 1. The Morgan fingerprint density at radius 1 is 1.10 bits per heavy atom. The van der Waals surface area contributed by atoms with E-state index in [9.17, 15) is 9.59 Å². The average Bonchev–Trinajstić information content (AvgIpc) is 3.29. The summed E-state index contributed by atoms with van der Waals surface area (Å²) in [4.78, 5) is 31.5. The summed E-state index contributed by atoms with van der Waals surface area (Å²) < 4.78 is 1.66. The Morgan fingerprint density at radius 3 is 2.68 bits per heavy atom. The summed E-state index contributed by atoms with van der Waals surface area (Å²) >= 11 is 2.98. The Bertz CT molecular complexity index is 1230. The molecule has 5 nitrogen and oxygen atoms in total. The van der Waals surface area contributed by atoms with E-state index >= 15 is 0 Å². The highest BCUT2D eigenvalue weighted by Crippen LogP contribution is 2.19. The van der Waals surface area contributed by atoms with Crippen molar-refractivity contribution in [3.63, 3.8) is 0 Å². The zero-order valence-corrected chi connectivity index (χ0v) is 18.8. The number of rotatable bonds is 8. The number of benzene rings is 2. The van der Waals surface area contributed by atoms with Crippen molar-refractivity contribution in [3.8, 4) is 0 Å². The summed E-state index contributed by atoms with van der Waals surface area (Å²) in [6, 6.07) is 19.5. The molecule has 1 N–H and O–H groups in total. The van der Waals surface area contributed by atoms with Crippen molar-refractivity contribution >= 4 is 39.9 Å². The molecule has 0 spiro atoms. The third kappa shape index (κ3) is 5.42. The van der Waals surface area contributed by atoms with Crippen molar-refractivity contribution in [2.24, 2.45) is 0 Å². The Kier molecular flexibility index (Phi) is 6.84. The first-order chi connectivity index (χ1) is 15.1. The molecule has 0 saturated heterocycles. The smallest absolute Gasteiger partial charge is 0.262 e. The highest BCUT2D eigenvalue weighted by atomic mass is 32.2. The average molecular weight is 450 g/mol. The molecule has 2 heterocycles. The van der Waals surface area contributed by atoms with E-state index in [1.54, 1.807) is 22.0 Å². The number of nitrogens with zero attached hydrogens (tertiary/aromatic N) is 2. The zero-order valence-electron chi connectivity index (χ0n) is 17.2. The number of hydrogen-bond acceptors (Lipinski definition) is 5. The summed E-state index contributed by atoms with van der Waals surface area (Å²) in [5, 5.41) is 6.12. The highest BCUT2D eigenvalue weighted by molar-refractivity contribution is 7.99. The first kappa shape index (κ1) is 21.3. The van der Waals surface area contributed by atoms with E-state index in [-0.39, 0.29) is 17.2 Å². The molecule has 2 aromatic carbocycles. The predicted octanol–water partition coefficient (Wildman–Crippen LogP) is 4.27. The summed E-state index contributed by atoms with van der Waals surface area (Å²) in [5.74, 6) is 0.147. The highest BCUT2D eigenvalue weighted by Gasteiger charge is 2.14. The van der Waals surface area contributed by atoms with E-state index in [4.69, 9.17) is 4.98 Å². The molecule has 1 amide bonds. The molecule has 0 aliphatic heterocycles. The molecule has 0 unspecified atom stereocenters. The van der Waals surface area contributed by atoms with Crippen LogP contribution in [0.3, 0.4) is 0 Å². The van der Waals surface area contributed by atoms with Gasteiger partial charge in [-0.25, -0.2) is 4.98 Å². The number of fused-ring (bicyclic) bond motifs is 1. The molecule has 0 bridgehead atoms. The number of nitrogens with one attached hydrogen (secondary N) is 1. The number of thioether (sulfide) groups is 1. The van der Waals surface area contributed by atoms with Crippen LogP contribution in [0.1, 0.15) is 16.0 Å². The predicted molar refractivity (Wildman–Crippen MR) is 128 cm³/mol. The van der Waals surface area contributed by atoms with E-state index in [0.29, 0.717) is 29.1 Å². The molecule has 158 valence electrons. The van der Waals surface area contributed by atoms with Gasteiger partial charge < -0.3 is 5.32 Å². The van der Waals surface area contributed by atoms with Crippen molar-refractivity contribution in [2.75, 3.05) is 12.3 Å². The monoisotopic (exact) mass is 449 g/mol. The van der Waals surface area contributed by atoms with Gasteiger partial charge in [0.05, 0.1) is 23.2 Å². The SMILES string of the molecule is Cc1ccc(Cn2c(SCC(=O)NCCc3cccs3)nc3ccccc3c2=O)cc1. The van der Waals surface area contributed by atoms with Crippen molar-refractivity contribution < 1.29 is 4.79 Å². The van der Waals surface area contributed by atoms with E-state index in [1.807, 2.05) is 60.8 Å². The Hall–Kier alpha value is -2.90. The maximum absolute atomic E-state index is 13.2. The number of carbonyl (C=O) groups excluding carboxylic acids is 1. The number of aromatic nitrogens is 2. The maximum Gasteiger partial charge on any atom is 0.262 e. The van der Waals surface area contributed by atoms with Crippen LogP contribution in [0.25, 0.3) is 10.9 Å². The number of thiophene rings is 1. The lowest BCUT2D eigenvalue weighted by Gasteiger charge is -2.13. The standard InChI is InChI=1S/C24H23N3O2S2/c1-17-8-10-18(11-9-17)15-27-23(29)20-6-2-3-7-21(20)26-24(27)31-16-22(28)25-13-12-19-5-4-14-30-19/h2-11,14H,12-13,15-16H2,1H3,(H,25,28). The van der Waals surface area contributed by atoms with Gasteiger partial charge in [-0.15, -0.1) is 11.3 Å². The molecule has 0 atom stereocenters. The molecule has 7 heteroatoms. The molecule has 0 fully saturated rings. The van der Waals surface area contributed by atoms with Gasteiger partial charge in [0.15, 0.2) is 5.16 Å². The van der Waals surface area contributed by atoms with Crippen molar-refractivity contribution in [1.82, 2.24) is 14.9 Å². The molecule has 31 heavy (non-hydrogen) atoms. The second-order valence-electron chi connectivity index (χ2n) is 7.26. The van der Waals surface area contributed by atoms with Crippen molar-refractivity contribution in [3.05, 3.63) is 92.4 Å². The molecule has 0 radical (unpaired) electrons. The van der Waals surface area contributed by atoms with Crippen LogP contribution in [-0.4, -0.2) is 27.8 Å². The molecular formula is C24H23N3O2S2. The minimum atomic E-state index is -0.0909. The Balaban J connectivity index is 1.51. The van der Waals surface area contributed by atoms with Gasteiger partial charge >= 0.3 is 0 Å². The van der Waals surface area contributed by atoms with Crippen LogP contribution in [0.15, 0.2) is 76.0 Å². The maximum atomic E-state index is 13.2. The Morgan fingerprint density at radius 2 is 1.90 bits per heavy atom. The van der Waals surface area contributed by atoms with Crippen LogP contribution < -0.4 is 10.9 Å². The van der Waals surface area contributed by atoms with E-state index in [1.165, 1.54) is 22.2 Å². The second-order valence-corrected chi connectivity index (χ2v) is 9.23. The summed E-state index contributed by atoms with van der Waals surface area (Å²) in [6.45, 7) is 3.05. The largest absolute Gasteiger partial charge is 0.355 e. The van der Waals surface area contributed by atoms with E-state index in [2.05, 4.69) is 11.4 Å². The van der Waals surface area contributed by atoms with Gasteiger partial charge in [-0.05, 0) is 42.5 Å². The third-order valence-corrected chi connectivity index (χ3v) is 6.81. The lowest BCUT2D eigenvalue weighted by Crippen LogP contribution is -2.28. The van der Waals surface area contributed by atoms with Crippen molar-refractivity contribution in [2.45, 2.75) is 25.0 Å². The fourth-order valence-corrected chi connectivity index (χ4v) is 4.77. The first-order valence-corrected chi connectivity index (χ1v) is 11.9. The lowest BCUT2D eigenvalue weighted by atomic mass is 10.1. The fraction of sp³-hybridized carbons (Fsp3) is 0.208. The quantitative estimate of drug-likeness (QED) is 0.322. The topological polar surface area (TPSA) is 64.0 Å². The third-order valence-electron chi connectivity index (χ3n) is 4.89. The summed E-state index contributed by atoms with van der Waals surface area (Å²) in [5.41, 5.74) is 2.74. The van der Waals surface area contributed by atoms with Gasteiger partial charge in [-0.3, -0.25) is 14.2 Å². The summed E-state index contributed by atoms with van der Waals surface area (Å²) in [6.07, 6.45) is 0.820. The number of para-hydroxylation sites is 1. The van der Waals surface area contributed by atoms with Crippen LogP contribution >= 0.6 is 23.1 Å². The molecular weight excluding hydrogens is 426 g/mol. The van der Waals surface area contributed by atoms with Crippen LogP contribution in [0.5, 0.6) is 0 Å². The van der Waals surface area contributed by atoms with Gasteiger partial charge in [0, 0.05) is 11.4 Å². The summed E-state index contributed by atoms with van der Waals surface area (Å²) in [7, 11) is 0. The normalized spacial score (nSPS) is 11.0. The van der Waals surface area contributed by atoms with Gasteiger partial charge in [0.2, 0.25) is 5.91 Å². The van der Waals surface area contributed by atoms with Crippen LogP contribution in [0.4, 0.5) is 0 Å². The van der Waals surface area contributed by atoms with Gasteiger partial charge in [0.1, 0.15) is 0 Å². The number of aryl methyl sites for hydroxylation is 1. The number of hydrogen-bond donors (Lipinski definition) is 1. The van der Waals surface area contributed by atoms with Crippen LogP contribution in [-0.2, 0) is 17.8 Å². The van der Waals surface area contributed by atoms with Gasteiger partial charge in [-0.1, -0.05) is 59.8 Å². The zero-order chi connectivity index (χ0) is 21.6. The fourth-order valence-electron chi connectivity index (χ4n) is 3.23. The van der Waals surface area contributed by atoms with E-state index in [0.717, 1.165) is 12.0 Å². The minimum absolute atomic E-state index is 0.0640. The second kappa shape index (κ2) is 9.94. The first-order valence-electron chi connectivity index (χ1n) is 10.1. The molecule has 4 aromatic rings. The molecule has 4 rings (SSSR count). The van der Waals surface area contributed by atoms with Gasteiger partial charge in [0.25, 0.3) is 5.56 Å². The Labute approximate surface area is 189 Å². The van der Waals surface area contributed by atoms with Crippen molar-refractivity contribution in [1.29, 1.82) is 0 Å².